The van der Waals surface area contributed by atoms with E-state index in [1.54, 1.807) is 18.2 Å². The molecule has 2 aliphatic heterocycles. The number of morpholine rings is 1. The number of para-hydroxylation sites is 1. The highest BCUT2D eigenvalue weighted by Gasteiger charge is 2.32. The normalized spacial score (nSPS) is 16.7. The minimum atomic E-state index is -0.244. The van der Waals surface area contributed by atoms with E-state index in [4.69, 9.17) is 44.9 Å². The van der Waals surface area contributed by atoms with Crippen molar-refractivity contribution in [3.8, 4) is 16.9 Å². The number of hydrogen-bond acceptors (Lipinski definition) is 7. The Balaban J connectivity index is 1.33. The molecule has 0 aromatic heterocycles. The van der Waals surface area contributed by atoms with Gasteiger partial charge in [0.2, 0.25) is 5.91 Å². The molecule has 0 unspecified atom stereocenters. The lowest BCUT2D eigenvalue weighted by Crippen LogP contribution is -2.38. The molecule has 2 amide bonds. The summed E-state index contributed by atoms with van der Waals surface area (Å²) in [5, 5.41) is 3.91. The van der Waals surface area contributed by atoms with Crippen molar-refractivity contribution in [3.05, 3.63) is 87.2 Å². The Morgan fingerprint density at radius 3 is 2.60 bits per heavy atom. The van der Waals surface area contributed by atoms with Crippen molar-refractivity contribution in [1.29, 1.82) is 0 Å². The molecule has 2 heterocycles. The van der Waals surface area contributed by atoms with Crippen LogP contribution < -0.4 is 10.1 Å². The summed E-state index contributed by atoms with van der Waals surface area (Å²) in [5.41, 5.74) is 3.10. The summed E-state index contributed by atoms with van der Waals surface area (Å²) in [6.07, 6.45) is 1.91. The van der Waals surface area contributed by atoms with Gasteiger partial charge in [-0.05, 0) is 48.0 Å². The molecule has 0 atom stereocenters. The van der Waals surface area contributed by atoms with E-state index in [9.17, 15) is 9.59 Å². The summed E-state index contributed by atoms with van der Waals surface area (Å²) in [4.78, 5) is 30.1. The average molecular weight is 643 g/mol. The number of carbonyl (C=O) groups excluding carboxylic acids is 2. The maximum atomic E-state index is 13.4. The molecule has 0 bridgehead atoms. The van der Waals surface area contributed by atoms with Gasteiger partial charge in [-0.3, -0.25) is 19.4 Å². The van der Waals surface area contributed by atoms with Gasteiger partial charge in [-0.15, -0.1) is 0 Å². The van der Waals surface area contributed by atoms with Gasteiger partial charge in [0.15, 0.2) is 0 Å². The smallest absolute Gasteiger partial charge is 0.266 e. The first-order chi connectivity index (χ1) is 20.4. The maximum Gasteiger partial charge on any atom is 0.266 e. The van der Waals surface area contributed by atoms with Crippen LogP contribution in [0.4, 0.5) is 5.69 Å². The van der Waals surface area contributed by atoms with Gasteiger partial charge in [0.05, 0.1) is 18.1 Å². The fraction of sp³-hybridized carbons (Fsp3) is 0.258. The third-order valence-electron chi connectivity index (χ3n) is 6.80. The predicted octanol–water partition coefficient (Wildman–Crippen LogP) is 6.60. The molecule has 218 valence electrons. The van der Waals surface area contributed by atoms with Gasteiger partial charge in [0, 0.05) is 59.5 Å². The lowest BCUT2D eigenvalue weighted by Gasteiger charge is -2.26. The first kappa shape index (κ1) is 30.5. The highest BCUT2D eigenvalue weighted by atomic mass is 35.5. The number of thioether (sulfide) groups is 1. The fourth-order valence-corrected chi connectivity index (χ4v) is 6.40. The zero-order valence-corrected chi connectivity index (χ0v) is 25.8. The van der Waals surface area contributed by atoms with E-state index in [1.807, 2.05) is 54.6 Å². The maximum absolute atomic E-state index is 13.4. The number of rotatable bonds is 10. The van der Waals surface area contributed by atoms with Crippen molar-refractivity contribution in [1.82, 2.24) is 9.80 Å². The first-order valence-corrected chi connectivity index (χ1v) is 15.5. The number of halogens is 2. The molecule has 1 N–H and O–H groups in total. The van der Waals surface area contributed by atoms with Crippen LogP contribution in [0, 0.1) is 0 Å². The second kappa shape index (κ2) is 14.5. The molecule has 2 saturated heterocycles. The Hall–Kier alpha value is -2.92. The van der Waals surface area contributed by atoms with Crippen LogP contribution in [0.15, 0.2) is 71.6 Å². The van der Waals surface area contributed by atoms with Crippen LogP contribution in [0.25, 0.3) is 17.2 Å². The summed E-state index contributed by atoms with van der Waals surface area (Å²) in [7, 11) is 0. The van der Waals surface area contributed by atoms with Crippen LogP contribution in [0.1, 0.15) is 12.0 Å². The van der Waals surface area contributed by atoms with Crippen LogP contribution in [0.3, 0.4) is 0 Å². The van der Waals surface area contributed by atoms with Crippen LogP contribution in [0.2, 0.25) is 10.0 Å². The Kier molecular flexibility index (Phi) is 10.5. The van der Waals surface area contributed by atoms with Crippen molar-refractivity contribution in [2.75, 3.05) is 51.3 Å². The molecule has 7 nitrogen and oxygen atoms in total. The monoisotopic (exact) mass is 641 g/mol. The van der Waals surface area contributed by atoms with Crippen molar-refractivity contribution < 1.29 is 19.1 Å². The van der Waals surface area contributed by atoms with Gasteiger partial charge in [0.25, 0.3) is 5.91 Å². The van der Waals surface area contributed by atoms with E-state index in [0.29, 0.717) is 37.3 Å². The molecular weight excluding hydrogens is 613 g/mol. The van der Waals surface area contributed by atoms with Gasteiger partial charge < -0.3 is 14.8 Å². The fourth-order valence-electron chi connectivity index (χ4n) is 4.59. The molecule has 2 aliphatic rings. The number of nitrogens with zero attached hydrogens (tertiary/aromatic N) is 2. The van der Waals surface area contributed by atoms with E-state index in [2.05, 4.69) is 10.2 Å². The van der Waals surface area contributed by atoms with E-state index < -0.39 is 0 Å². The zero-order valence-electron chi connectivity index (χ0n) is 22.7. The molecule has 0 saturated carbocycles. The zero-order chi connectivity index (χ0) is 29.5. The summed E-state index contributed by atoms with van der Waals surface area (Å²) in [6, 6.07) is 20.3. The van der Waals surface area contributed by atoms with Gasteiger partial charge in [0.1, 0.15) is 16.7 Å². The van der Waals surface area contributed by atoms with Crippen molar-refractivity contribution in [3.63, 3.8) is 0 Å². The third-order valence-corrected chi connectivity index (χ3v) is 8.73. The largest absolute Gasteiger partial charge is 0.492 e. The summed E-state index contributed by atoms with van der Waals surface area (Å²) in [5.74, 6) is 0.207. The number of amides is 2. The van der Waals surface area contributed by atoms with E-state index >= 15 is 0 Å². The number of ether oxygens (including phenoxy) is 2. The van der Waals surface area contributed by atoms with Crippen LogP contribution in [-0.4, -0.2) is 71.9 Å². The molecule has 42 heavy (non-hydrogen) atoms. The lowest BCUT2D eigenvalue weighted by atomic mass is 10.0. The Morgan fingerprint density at radius 1 is 1.05 bits per heavy atom. The van der Waals surface area contributed by atoms with Crippen LogP contribution in [0.5, 0.6) is 5.75 Å². The van der Waals surface area contributed by atoms with Gasteiger partial charge in [-0.1, -0.05) is 77.5 Å². The van der Waals surface area contributed by atoms with Crippen molar-refractivity contribution in [2.24, 2.45) is 0 Å². The number of carbonyl (C=O) groups is 2. The molecule has 11 heteroatoms. The summed E-state index contributed by atoms with van der Waals surface area (Å²) in [6.45, 7) is 4.62. The Labute approximate surface area is 264 Å². The molecule has 0 spiro atoms. The third kappa shape index (κ3) is 7.92. The van der Waals surface area contributed by atoms with E-state index in [-0.39, 0.29) is 24.8 Å². The number of hydrogen-bond donors (Lipinski definition) is 1. The summed E-state index contributed by atoms with van der Waals surface area (Å²) < 4.78 is 12.1. The SMILES string of the molecule is O=C(CCN1C(=O)C(=Cc2cc(-c3ccc(Cl)cc3Cl)ccc2OCCN2CCOCC2)SC1=S)Nc1ccccc1. The highest BCUT2D eigenvalue weighted by Crippen LogP contribution is 2.37. The molecular formula is C31H29Cl2N3O4S2. The second-order valence-electron chi connectivity index (χ2n) is 9.68. The van der Waals surface area contributed by atoms with Crippen LogP contribution in [-0.2, 0) is 14.3 Å². The standard InChI is InChI=1S/C31H29Cl2N3O4S2/c32-23-7-8-25(26(33)20-23)21-6-9-27(40-17-14-35-12-15-39-16-13-35)22(18-21)19-28-30(38)36(31(41)42-28)11-10-29(37)34-24-4-2-1-3-5-24/h1-9,18-20H,10-17H2,(H,34,37). The van der Waals surface area contributed by atoms with Crippen LogP contribution >= 0.6 is 47.2 Å². The van der Waals surface area contributed by atoms with E-state index in [1.165, 1.54) is 16.7 Å². The highest BCUT2D eigenvalue weighted by molar-refractivity contribution is 8.26. The minimum Gasteiger partial charge on any atom is -0.492 e. The molecule has 3 aromatic rings. The van der Waals surface area contributed by atoms with Crippen molar-refractivity contribution >= 4 is 75.1 Å². The van der Waals surface area contributed by atoms with Crippen molar-refractivity contribution in [2.45, 2.75) is 6.42 Å². The molecule has 0 aliphatic carbocycles. The van der Waals surface area contributed by atoms with Gasteiger partial charge in [-0.25, -0.2) is 0 Å². The minimum absolute atomic E-state index is 0.120. The molecule has 3 aromatic carbocycles. The number of nitrogens with one attached hydrogen (secondary N) is 1. The first-order valence-electron chi connectivity index (χ1n) is 13.5. The summed E-state index contributed by atoms with van der Waals surface area (Å²) >= 11 is 19.4. The molecule has 0 radical (unpaired) electrons. The van der Waals surface area contributed by atoms with Gasteiger partial charge >= 0.3 is 0 Å². The Morgan fingerprint density at radius 2 is 1.83 bits per heavy atom. The Bertz CT molecular complexity index is 1500. The molecule has 5 rings (SSSR count). The van der Waals surface area contributed by atoms with E-state index in [0.717, 1.165) is 49.5 Å². The molecule has 2 fully saturated rings. The quantitative estimate of drug-likeness (QED) is 0.197. The lowest BCUT2D eigenvalue weighted by molar-refractivity contribution is -0.122. The number of benzene rings is 3. The number of thiocarbonyl (C=S) groups is 1. The number of anilines is 1. The second-order valence-corrected chi connectivity index (χ2v) is 12.2. The average Bonchev–Trinajstić information content (AvgIpc) is 3.25. The van der Waals surface area contributed by atoms with Gasteiger partial charge in [-0.2, -0.15) is 0 Å². The predicted molar refractivity (Wildman–Crippen MR) is 174 cm³/mol. The topological polar surface area (TPSA) is 71.1 Å².